The van der Waals surface area contributed by atoms with E-state index in [2.05, 4.69) is 87.9 Å². The summed E-state index contributed by atoms with van der Waals surface area (Å²) in [7, 11) is 0. The van der Waals surface area contributed by atoms with E-state index >= 15 is 0 Å². The minimum Gasteiger partial charge on any atom is -0.342 e. The van der Waals surface area contributed by atoms with Gasteiger partial charge in [0.05, 0.1) is 0 Å². The van der Waals surface area contributed by atoms with E-state index in [-0.39, 0.29) is 0 Å². The number of rotatable bonds is 8. The Bertz CT molecular complexity index is 927. The van der Waals surface area contributed by atoms with E-state index in [1.807, 2.05) is 0 Å². The molecule has 0 radical (unpaired) electrons. The van der Waals surface area contributed by atoms with Crippen LogP contribution in [0.4, 0.5) is 5.69 Å². The lowest BCUT2D eigenvalue weighted by atomic mass is 9.82. The van der Waals surface area contributed by atoms with E-state index < -0.39 is 0 Å². The van der Waals surface area contributed by atoms with Crippen molar-refractivity contribution in [2.45, 2.75) is 65.2 Å². The Kier molecular flexibility index (Phi) is 7.37. The lowest BCUT2D eigenvalue weighted by molar-refractivity contribution is 0.444. The first-order chi connectivity index (χ1) is 14.3. The summed E-state index contributed by atoms with van der Waals surface area (Å²) in [5, 5.41) is 0. The van der Waals surface area contributed by atoms with Crippen LogP contribution in [0.15, 0.2) is 79.0 Å². The molecule has 3 rings (SSSR count). The van der Waals surface area contributed by atoms with Crippen LogP contribution in [0.2, 0.25) is 0 Å². The maximum absolute atomic E-state index is 4.25. The first kappa shape index (κ1) is 22.2. The molecule has 2 aromatic carbocycles. The molecule has 1 aliphatic rings. The smallest absolute Gasteiger partial charge is 0.0432 e. The minimum atomic E-state index is 0.660. The molecule has 0 aromatic heterocycles. The van der Waals surface area contributed by atoms with Crippen molar-refractivity contribution in [3.05, 3.63) is 90.2 Å². The van der Waals surface area contributed by atoms with Gasteiger partial charge in [0.2, 0.25) is 0 Å². The molecule has 30 heavy (non-hydrogen) atoms. The third-order valence-corrected chi connectivity index (χ3v) is 5.98. The molecule has 0 unspecified atom stereocenters. The van der Waals surface area contributed by atoms with Gasteiger partial charge in [-0.05, 0) is 80.3 Å². The number of anilines is 1. The fourth-order valence-electron chi connectivity index (χ4n) is 4.55. The van der Waals surface area contributed by atoms with Crippen LogP contribution in [0.25, 0.3) is 11.1 Å². The molecule has 1 nitrogen and oxygen atoms in total. The zero-order chi connectivity index (χ0) is 21.7. The number of hydrogen-bond donors (Lipinski definition) is 0. The number of allylic oxidation sites excluding steroid dienone is 2. The van der Waals surface area contributed by atoms with E-state index in [4.69, 9.17) is 0 Å². The molecular formula is C29H37N. The Hall–Kier alpha value is -2.54. The fourth-order valence-corrected chi connectivity index (χ4v) is 4.55. The lowest BCUT2D eigenvalue weighted by Gasteiger charge is -2.29. The molecule has 0 amide bonds. The molecule has 0 aliphatic heterocycles. The third-order valence-electron chi connectivity index (χ3n) is 5.98. The molecule has 1 saturated carbocycles. The Morgan fingerprint density at radius 2 is 1.60 bits per heavy atom. The third kappa shape index (κ3) is 5.75. The largest absolute Gasteiger partial charge is 0.342 e. The topological polar surface area (TPSA) is 3.24 Å². The molecular weight excluding hydrogens is 362 g/mol. The monoisotopic (exact) mass is 399 g/mol. The Morgan fingerprint density at radius 1 is 0.867 bits per heavy atom. The number of hydrogen-bond acceptors (Lipinski definition) is 1. The predicted octanol–water partition coefficient (Wildman–Crippen LogP) is 8.44. The average molecular weight is 400 g/mol. The van der Waals surface area contributed by atoms with E-state index in [1.165, 1.54) is 65.6 Å². The zero-order valence-electron chi connectivity index (χ0n) is 19.1. The molecule has 0 bridgehead atoms. The first-order valence-corrected chi connectivity index (χ1v) is 11.3. The summed E-state index contributed by atoms with van der Waals surface area (Å²) in [5.41, 5.74) is 10.00. The maximum atomic E-state index is 4.25. The Morgan fingerprint density at radius 3 is 2.23 bits per heavy atom. The molecule has 0 spiro atoms. The number of benzene rings is 2. The van der Waals surface area contributed by atoms with Gasteiger partial charge in [-0.3, -0.25) is 0 Å². The van der Waals surface area contributed by atoms with Gasteiger partial charge in [0.1, 0.15) is 0 Å². The Labute approximate surface area is 183 Å². The highest BCUT2D eigenvalue weighted by molar-refractivity contribution is 5.72. The van der Waals surface area contributed by atoms with Crippen LogP contribution in [-0.2, 0) is 6.42 Å². The summed E-state index contributed by atoms with van der Waals surface area (Å²) < 4.78 is 0. The van der Waals surface area contributed by atoms with Gasteiger partial charge in [-0.25, -0.2) is 0 Å². The second-order valence-electron chi connectivity index (χ2n) is 9.26. The van der Waals surface area contributed by atoms with Gasteiger partial charge in [-0.15, -0.1) is 0 Å². The van der Waals surface area contributed by atoms with Crippen LogP contribution < -0.4 is 4.90 Å². The van der Waals surface area contributed by atoms with Crippen molar-refractivity contribution in [2.24, 2.45) is 0 Å². The van der Waals surface area contributed by atoms with Crippen molar-refractivity contribution < 1.29 is 0 Å². The van der Waals surface area contributed by atoms with Gasteiger partial charge in [0.25, 0.3) is 0 Å². The van der Waals surface area contributed by atoms with E-state index in [0.29, 0.717) is 5.92 Å². The van der Waals surface area contributed by atoms with Crippen molar-refractivity contribution >= 4 is 5.69 Å². The molecule has 0 heterocycles. The molecule has 0 saturated heterocycles. The first-order valence-electron chi connectivity index (χ1n) is 11.3. The van der Waals surface area contributed by atoms with Crippen molar-refractivity contribution in [3.63, 3.8) is 0 Å². The molecule has 0 atom stereocenters. The van der Waals surface area contributed by atoms with Gasteiger partial charge in [0, 0.05) is 17.9 Å². The van der Waals surface area contributed by atoms with Gasteiger partial charge < -0.3 is 4.90 Å². The summed E-state index contributed by atoms with van der Waals surface area (Å²) in [4.78, 5) is 2.30. The molecule has 0 N–H and O–H groups in total. The van der Waals surface area contributed by atoms with Crippen LogP contribution in [0, 0.1) is 0 Å². The summed E-state index contributed by atoms with van der Waals surface area (Å²) >= 11 is 0. The normalized spacial score (nSPS) is 14.4. The predicted molar refractivity (Wildman–Crippen MR) is 133 cm³/mol. The lowest BCUT2D eigenvalue weighted by Crippen LogP contribution is -2.22. The van der Waals surface area contributed by atoms with Crippen LogP contribution in [0.1, 0.15) is 69.9 Å². The van der Waals surface area contributed by atoms with E-state index in [0.717, 1.165) is 24.2 Å². The molecule has 1 fully saturated rings. The molecule has 1 heteroatoms. The second kappa shape index (κ2) is 9.98. The SMILES string of the molecule is C=C(C)Cc1cccc(-c2cc(C3CCCCC3)cc(N(CC(=C)C)C(=C)C)c2)c1. The summed E-state index contributed by atoms with van der Waals surface area (Å²) in [6, 6.07) is 16.1. The van der Waals surface area contributed by atoms with Crippen molar-refractivity contribution in [1.82, 2.24) is 0 Å². The van der Waals surface area contributed by atoms with Crippen molar-refractivity contribution in [2.75, 3.05) is 11.4 Å². The van der Waals surface area contributed by atoms with E-state index in [1.54, 1.807) is 0 Å². The molecule has 158 valence electrons. The number of nitrogens with zero attached hydrogens (tertiary/aromatic N) is 1. The summed E-state index contributed by atoms with van der Waals surface area (Å²) in [6.45, 7) is 19.6. The standard InChI is InChI=1S/C29H37N/c1-21(2)15-24-11-10-14-26(16-24)28-17-27(25-12-8-7-9-13-25)18-29(19-28)30(23(5)6)20-22(3)4/h10-11,14,16-19,25H,1,3,5,7-9,12-13,15,20H2,2,4,6H3. The summed E-state index contributed by atoms with van der Waals surface area (Å²) in [5.74, 6) is 0.660. The van der Waals surface area contributed by atoms with Crippen LogP contribution in [0.3, 0.4) is 0 Å². The fraction of sp³-hybridized carbons (Fsp3) is 0.379. The maximum Gasteiger partial charge on any atom is 0.0432 e. The van der Waals surface area contributed by atoms with Crippen molar-refractivity contribution in [3.8, 4) is 11.1 Å². The Balaban J connectivity index is 2.08. The second-order valence-corrected chi connectivity index (χ2v) is 9.26. The summed E-state index contributed by atoms with van der Waals surface area (Å²) in [6.07, 6.45) is 7.58. The molecule has 2 aromatic rings. The van der Waals surface area contributed by atoms with Gasteiger partial charge in [0.15, 0.2) is 0 Å². The van der Waals surface area contributed by atoms with Gasteiger partial charge in [-0.1, -0.05) is 80.5 Å². The van der Waals surface area contributed by atoms with E-state index in [9.17, 15) is 0 Å². The van der Waals surface area contributed by atoms with Crippen LogP contribution >= 0.6 is 0 Å². The van der Waals surface area contributed by atoms with Gasteiger partial charge >= 0.3 is 0 Å². The zero-order valence-corrected chi connectivity index (χ0v) is 19.1. The quantitative estimate of drug-likeness (QED) is 0.402. The van der Waals surface area contributed by atoms with Crippen LogP contribution in [0.5, 0.6) is 0 Å². The molecule has 1 aliphatic carbocycles. The highest BCUT2D eigenvalue weighted by atomic mass is 15.1. The average Bonchev–Trinajstić information content (AvgIpc) is 2.72. The van der Waals surface area contributed by atoms with Crippen molar-refractivity contribution in [1.29, 1.82) is 0 Å². The van der Waals surface area contributed by atoms with Crippen LogP contribution in [-0.4, -0.2) is 6.54 Å². The minimum absolute atomic E-state index is 0.660. The highest BCUT2D eigenvalue weighted by Crippen LogP contribution is 2.38. The highest BCUT2D eigenvalue weighted by Gasteiger charge is 2.19. The van der Waals surface area contributed by atoms with Gasteiger partial charge in [-0.2, -0.15) is 0 Å².